The second-order valence-corrected chi connectivity index (χ2v) is 4.77. The third-order valence-corrected chi connectivity index (χ3v) is 3.52. The van der Waals surface area contributed by atoms with E-state index in [1.54, 1.807) is 0 Å². The van der Waals surface area contributed by atoms with Crippen molar-refractivity contribution >= 4 is 5.82 Å². The topological polar surface area (TPSA) is 41.9 Å². The van der Waals surface area contributed by atoms with Gasteiger partial charge in [-0.2, -0.15) is 5.10 Å². The van der Waals surface area contributed by atoms with Crippen LogP contribution in [0.2, 0.25) is 0 Å². The molecule has 0 fully saturated rings. The summed E-state index contributed by atoms with van der Waals surface area (Å²) >= 11 is 0. The lowest BCUT2D eigenvalue weighted by Gasteiger charge is -2.26. The van der Waals surface area contributed by atoms with Crippen LogP contribution in [0, 0.1) is 0 Å². The Morgan fingerprint density at radius 3 is 2.94 bits per heavy atom. The number of rotatable bonds is 3. The van der Waals surface area contributed by atoms with Gasteiger partial charge in [-0.25, -0.2) is 0 Å². The largest absolute Gasteiger partial charge is 0.369 e. The summed E-state index contributed by atoms with van der Waals surface area (Å²) in [6, 6.07) is 11.1. The minimum atomic E-state index is 0.481. The van der Waals surface area contributed by atoms with Gasteiger partial charge in [0.1, 0.15) is 5.82 Å². The fourth-order valence-electron chi connectivity index (χ4n) is 2.44. The molecule has 2 heterocycles. The van der Waals surface area contributed by atoms with Crippen molar-refractivity contribution in [2.45, 2.75) is 19.0 Å². The molecular weight excluding hydrogens is 224 g/mol. The highest BCUT2D eigenvalue weighted by Gasteiger charge is 2.17. The predicted molar refractivity (Wildman–Crippen MR) is 72.5 cm³/mol. The number of nitrogens with zero attached hydrogens (tertiary/aromatic N) is 2. The Bertz CT molecular complexity index is 532. The van der Waals surface area contributed by atoms with Gasteiger partial charge in [0, 0.05) is 32.2 Å². The van der Waals surface area contributed by atoms with Gasteiger partial charge in [-0.15, -0.1) is 0 Å². The van der Waals surface area contributed by atoms with E-state index < -0.39 is 0 Å². The molecule has 3 rings (SSSR count). The smallest absolute Gasteiger partial charge is 0.123 e. The van der Waals surface area contributed by atoms with Crippen molar-refractivity contribution in [3.63, 3.8) is 0 Å². The second-order valence-electron chi connectivity index (χ2n) is 4.77. The van der Waals surface area contributed by atoms with Crippen LogP contribution in [0.1, 0.15) is 11.1 Å². The molecule has 0 saturated heterocycles. The van der Waals surface area contributed by atoms with E-state index in [0.717, 1.165) is 25.3 Å². The molecule has 2 aromatic rings. The van der Waals surface area contributed by atoms with E-state index in [0.29, 0.717) is 6.04 Å². The summed E-state index contributed by atoms with van der Waals surface area (Å²) in [7, 11) is 1.95. The highest BCUT2D eigenvalue weighted by atomic mass is 15.3. The van der Waals surface area contributed by atoms with Gasteiger partial charge in [-0.3, -0.25) is 4.68 Å². The van der Waals surface area contributed by atoms with Crippen LogP contribution in [0.4, 0.5) is 5.82 Å². The minimum absolute atomic E-state index is 0.481. The molecule has 0 bridgehead atoms. The molecular formula is C14H18N4. The lowest BCUT2D eigenvalue weighted by atomic mass is 9.96. The van der Waals surface area contributed by atoms with E-state index >= 15 is 0 Å². The average Bonchev–Trinajstić information content (AvgIpc) is 2.82. The van der Waals surface area contributed by atoms with Gasteiger partial charge in [0.05, 0.1) is 6.20 Å². The first-order chi connectivity index (χ1) is 8.83. The number of hydrogen-bond donors (Lipinski definition) is 2. The standard InChI is InChI=1S/C14H18N4/c1-18-14(6-7-17-18)16-10-13-8-11-4-2-3-5-12(11)9-15-13/h2-7,13,15-16H,8-10H2,1H3. The Morgan fingerprint density at radius 1 is 1.33 bits per heavy atom. The normalized spacial score (nSPS) is 18.4. The zero-order valence-electron chi connectivity index (χ0n) is 10.6. The monoisotopic (exact) mass is 242 g/mol. The Morgan fingerprint density at radius 2 is 2.17 bits per heavy atom. The van der Waals surface area contributed by atoms with Crippen molar-refractivity contribution in [2.75, 3.05) is 11.9 Å². The molecule has 0 aliphatic carbocycles. The quantitative estimate of drug-likeness (QED) is 0.858. The first-order valence-electron chi connectivity index (χ1n) is 6.35. The molecule has 1 aromatic carbocycles. The Kier molecular flexibility index (Phi) is 3.02. The van der Waals surface area contributed by atoms with Crippen LogP contribution in [-0.4, -0.2) is 22.4 Å². The van der Waals surface area contributed by atoms with Crippen LogP contribution in [-0.2, 0) is 20.0 Å². The van der Waals surface area contributed by atoms with Crippen molar-refractivity contribution in [2.24, 2.45) is 7.05 Å². The van der Waals surface area contributed by atoms with Gasteiger partial charge < -0.3 is 10.6 Å². The van der Waals surface area contributed by atoms with Gasteiger partial charge >= 0.3 is 0 Å². The number of aromatic nitrogens is 2. The molecule has 2 N–H and O–H groups in total. The molecule has 1 unspecified atom stereocenters. The molecule has 1 aromatic heterocycles. The van der Waals surface area contributed by atoms with Crippen molar-refractivity contribution in [1.29, 1.82) is 0 Å². The maximum atomic E-state index is 4.15. The summed E-state index contributed by atoms with van der Waals surface area (Å²) in [5, 5.41) is 11.1. The summed E-state index contributed by atoms with van der Waals surface area (Å²) in [6.07, 6.45) is 2.90. The third kappa shape index (κ3) is 2.24. The van der Waals surface area contributed by atoms with E-state index in [9.17, 15) is 0 Å². The first-order valence-corrected chi connectivity index (χ1v) is 6.35. The number of benzene rings is 1. The highest BCUT2D eigenvalue weighted by Crippen LogP contribution is 2.16. The van der Waals surface area contributed by atoms with Gasteiger partial charge in [0.2, 0.25) is 0 Å². The SMILES string of the molecule is Cn1nccc1NCC1Cc2ccccc2CN1. The average molecular weight is 242 g/mol. The number of anilines is 1. The van der Waals surface area contributed by atoms with Crippen LogP contribution >= 0.6 is 0 Å². The summed E-state index contributed by atoms with van der Waals surface area (Å²) < 4.78 is 1.86. The van der Waals surface area contributed by atoms with Crippen LogP contribution in [0.5, 0.6) is 0 Å². The zero-order valence-corrected chi connectivity index (χ0v) is 10.6. The molecule has 4 nitrogen and oxygen atoms in total. The lowest BCUT2D eigenvalue weighted by molar-refractivity contribution is 0.496. The number of fused-ring (bicyclic) bond motifs is 1. The Hall–Kier alpha value is -1.81. The maximum absolute atomic E-state index is 4.15. The van der Waals surface area contributed by atoms with Crippen molar-refractivity contribution < 1.29 is 0 Å². The van der Waals surface area contributed by atoms with Crippen LogP contribution in [0.3, 0.4) is 0 Å². The second kappa shape index (κ2) is 4.82. The molecule has 1 aliphatic heterocycles. The van der Waals surface area contributed by atoms with Gasteiger partial charge in [0.15, 0.2) is 0 Å². The maximum Gasteiger partial charge on any atom is 0.123 e. The number of nitrogens with one attached hydrogen (secondary N) is 2. The Labute approximate surface area is 107 Å². The molecule has 0 radical (unpaired) electrons. The first kappa shape index (κ1) is 11.3. The summed E-state index contributed by atoms with van der Waals surface area (Å²) in [5.41, 5.74) is 2.89. The molecule has 4 heteroatoms. The van der Waals surface area contributed by atoms with Gasteiger partial charge in [0.25, 0.3) is 0 Å². The van der Waals surface area contributed by atoms with Crippen molar-refractivity contribution in [1.82, 2.24) is 15.1 Å². The molecule has 18 heavy (non-hydrogen) atoms. The highest BCUT2D eigenvalue weighted by molar-refractivity contribution is 5.35. The lowest BCUT2D eigenvalue weighted by Crippen LogP contribution is -2.40. The van der Waals surface area contributed by atoms with Gasteiger partial charge in [-0.1, -0.05) is 24.3 Å². The summed E-state index contributed by atoms with van der Waals surface area (Å²) in [6.45, 7) is 1.89. The third-order valence-electron chi connectivity index (χ3n) is 3.52. The van der Waals surface area contributed by atoms with Crippen LogP contribution in [0.25, 0.3) is 0 Å². The number of aryl methyl sites for hydroxylation is 1. The summed E-state index contributed by atoms with van der Waals surface area (Å²) in [5.74, 6) is 1.07. The zero-order chi connectivity index (χ0) is 12.4. The van der Waals surface area contributed by atoms with E-state index in [1.807, 2.05) is 24.0 Å². The van der Waals surface area contributed by atoms with E-state index in [4.69, 9.17) is 0 Å². The predicted octanol–water partition coefficient (Wildman–Crippen LogP) is 1.55. The molecule has 0 amide bonds. The molecule has 1 aliphatic rings. The van der Waals surface area contributed by atoms with Crippen molar-refractivity contribution in [3.05, 3.63) is 47.7 Å². The van der Waals surface area contributed by atoms with Crippen molar-refractivity contribution in [3.8, 4) is 0 Å². The molecule has 94 valence electrons. The van der Waals surface area contributed by atoms with Crippen LogP contribution < -0.4 is 10.6 Å². The fraction of sp³-hybridized carbons (Fsp3) is 0.357. The van der Waals surface area contributed by atoms with Crippen LogP contribution in [0.15, 0.2) is 36.5 Å². The molecule has 1 atom stereocenters. The van der Waals surface area contributed by atoms with Gasteiger partial charge in [-0.05, 0) is 17.5 Å². The molecule has 0 saturated carbocycles. The molecule has 0 spiro atoms. The minimum Gasteiger partial charge on any atom is -0.369 e. The van der Waals surface area contributed by atoms with E-state index in [2.05, 4.69) is 40.0 Å². The number of hydrogen-bond acceptors (Lipinski definition) is 3. The fourth-order valence-corrected chi connectivity index (χ4v) is 2.44. The van der Waals surface area contributed by atoms with E-state index in [-0.39, 0.29) is 0 Å². The van der Waals surface area contributed by atoms with E-state index in [1.165, 1.54) is 11.1 Å². The summed E-state index contributed by atoms with van der Waals surface area (Å²) in [4.78, 5) is 0. The Balaban J connectivity index is 1.61.